The summed E-state index contributed by atoms with van der Waals surface area (Å²) in [6.07, 6.45) is 3.00. The Hall–Kier alpha value is -3.11. The number of aromatic nitrogens is 5. The average molecular weight is 514 g/mol. The van der Waals surface area contributed by atoms with Gasteiger partial charge in [-0.15, -0.1) is 0 Å². The molecule has 10 heteroatoms. The van der Waals surface area contributed by atoms with Crippen LogP contribution in [0.5, 0.6) is 11.8 Å². The van der Waals surface area contributed by atoms with Crippen molar-refractivity contribution in [2.24, 2.45) is 5.92 Å². The first-order valence-electron chi connectivity index (χ1n) is 10.6. The summed E-state index contributed by atoms with van der Waals surface area (Å²) in [5.74, 6) is 0.376. The summed E-state index contributed by atoms with van der Waals surface area (Å²) in [6.45, 7) is 8.46. The first kappa shape index (κ1) is 23.1. The van der Waals surface area contributed by atoms with Gasteiger partial charge in [0.25, 0.3) is 0 Å². The molecule has 0 aliphatic rings. The fourth-order valence-electron chi connectivity index (χ4n) is 3.53. The second-order valence-corrected chi connectivity index (χ2v) is 8.85. The lowest BCUT2D eigenvalue weighted by molar-refractivity contribution is 0.410. The molecule has 0 fully saturated rings. The average Bonchev–Trinajstić information content (AvgIpc) is 3.05. The summed E-state index contributed by atoms with van der Waals surface area (Å²) in [5, 5.41) is 4.10. The largest absolute Gasteiger partial charge is 0.421 e. The topological polar surface area (TPSA) is 104 Å². The van der Waals surface area contributed by atoms with E-state index in [2.05, 4.69) is 55.0 Å². The van der Waals surface area contributed by atoms with Gasteiger partial charge in [0.1, 0.15) is 17.8 Å². The Bertz CT molecular complexity index is 1290. The normalized spacial score (nSPS) is 11.5. The minimum absolute atomic E-state index is 0.0336. The predicted octanol–water partition coefficient (Wildman–Crippen LogP) is 4.72. The van der Waals surface area contributed by atoms with E-state index < -0.39 is 5.82 Å². The Morgan fingerprint density at radius 2 is 2.03 bits per heavy atom. The number of nitrogens with one attached hydrogen (secondary N) is 1. The van der Waals surface area contributed by atoms with E-state index in [1.807, 2.05) is 11.5 Å². The van der Waals surface area contributed by atoms with Crippen LogP contribution < -0.4 is 15.8 Å². The molecule has 0 spiro atoms. The fraction of sp³-hybridized carbons (Fsp3) is 0.304. The Morgan fingerprint density at radius 3 is 2.76 bits per heavy atom. The Morgan fingerprint density at radius 1 is 1.21 bits per heavy atom. The molecule has 0 bridgehead atoms. The van der Waals surface area contributed by atoms with Crippen LogP contribution >= 0.6 is 15.9 Å². The van der Waals surface area contributed by atoms with Crippen molar-refractivity contribution >= 4 is 32.8 Å². The number of halogens is 2. The van der Waals surface area contributed by atoms with Crippen LogP contribution in [0.4, 0.5) is 10.2 Å². The lowest BCUT2D eigenvalue weighted by Crippen LogP contribution is -2.24. The molecule has 4 aromatic rings. The van der Waals surface area contributed by atoms with E-state index in [0.717, 1.165) is 29.0 Å². The fourth-order valence-corrected chi connectivity index (χ4v) is 4.30. The first-order valence-corrected chi connectivity index (χ1v) is 11.4. The Balaban J connectivity index is 1.70. The van der Waals surface area contributed by atoms with E-state index in [-0.39, 0.29) is 11.8 Å². The number of aryl methyl sites for hydroxylation is 1. The van der Waals surface area contributed by atoms with Crippen molar-refractivity contribution in [3.63, 3.8) is 0 Å². The highest BCUT2D eigenvalue weighted by atomic mass is 79.9. The molecule has 172 valence electrons. The number of hydrogen-bond acceptors (Lipinski definition) is 7. The second kappa shape index (κ2) is 9.80. The molecule has 0 saturated heterocycles. The molecule has 0 unspecified atom stereocenters. The Kier molecular flexibility index (Phi) is 6.85. The van der Waals surface area contributed by atoms with Gasteiger partial charge in [0.15, 0.2) is 11.6 Å². The highest BCUT2D eigenvalue weighted by molar-refractivity contribution is 9.10. The third-order valence-electron chi connectivity index (χ3n) is 5.06. The van der Waals surface area contributed by atoms with Crippen molar-refractivity contribution in [2.45, 2.75) is 27.3 Å². The molecule has 0 amide bonds. The minimum atomic E-state index is -0.542. The van der Waals surface area contributed by atoms with Gasteiger partial charge in [-0.3, -0.25) is 0 Å². The number of ether oxygens (including phenoxy) is 1. The molecule has 0 radical (unpaired) electrons. The standard InChI is InChI=1S/C23H25BrFN7O/c1-13(2)11-27-8-9-32-20(24)18(19-21(26)29-12-30-22(19)32)15-4-5-17(16(25)10-15)33-23-28-7-6-14(3)31-23/h4-7,10,12-13,27H,8-9,11H2,1-3H3,(H2,26,29,30). The lowest BCUT2D eigenvalue weighted by atomic mass is 10.1. The minimum Gasteiger partial charge on any atom is -0.421 e. The molecular formula is C23H25BrFN7O. The van der Waals surface area contributed by atoms with Crippen LogP contribution in [0.2, 0.25) is 0 Å². The van der Waals surface area contributed by atoms with Gasteiger partial charge in [0.05, 0.1) is 9.99 Å². The van der Waals surface area contributed by atoms with E-state index in [1.165, 1.54) is 12.4 Å². The number of rotatable bonds is 8. The van der Waals surface area contributed by atoms with Crippen LogP contribution in [-0.2, 0) is 6.54 Å². The third-order valence-corrected chi connectivity index (χ3v) is 5.89. The maximum atomic E-state index is 15.0. The monoisotopic (exact) mass is 513 g/mol. The number of hydrogen-bond donors (Lipinski definition) is 2. The van der Waals surface area contributed by atoms with E-state index in [0.29, 0.717) is 34.9 Å². The lowest BCUT2D eigenvalue weighted by Gasteiger charge is -2.10. The highest BCUT2D eigenvalue weighted by Gasteiger charge is 2.22. The maximum absolute atomic E-state index is 15.0. The van der Waals surface area contributed by atoms with E-state index in [9.17, 15) is 0 Å². The molecule has 3 N–H and O–H groups in total. The van der Waals surface area contributed by atoms with Crippen LogP contribution in [0.25, 0.3) is 22.2 Å². The molecule has 3 heterocycles. The van der Waals surface area contributed by atoms with Crippen LogP contribution in [0.1, 0.15) is 19.5 Å². The summed E-state index contributed by atoms with van der Waals surface area (Å²) in [4.78, 5) is 16.8. The van der Waals surface area contributed by atoms with Crippen LogP contribution in [0.3, 0.4) is 0 Å². The third kappa shape index (κ3) is 4.96. The van der Waals surface area contributed by atoms with Gasteiger partial charge < -0.3 is 20.4 Å². The SMILES string of the molecule is Cc1ccnc(Oc2ccc(-c3c(Br)n(CCNCC(C)C)c4ncnc(N)c34)cc2F)n1. The zero-order valence-electron chi connectivity index (χ0n) is 18.6. The van der Waals surface area contributed by atoms with E-state index in [1.54, 1.807) is 24.4 Å². The highest BCUT2D eigenvalue weighted by Crippen LogP contribution is 2.40. The smallest absolute Gasteiger partial charge is 0.322 e. The molecule has 0 atom stereocenters. The molecule has 33 heavy (non-hydrogen) atoms. The molecule has 1 aromatic carbocycles. The quantitative estimate of drug-likeness (QED) is 0.328. The van der Waals surface area contributed by atoms with Gasteiger partial charge >= 0.3 is 6.01 Å². The molecule has 4 rings (SSSR count). The van der Waals surface area contributed by atoms with Crippen LogP contribution in [0, 0.1) is 18.7 Å². The summed E-state index contributed by atoms with van der Waals surface area (Å²) in [6, 6.07) is 6.55. The zero-order chi connectivity index (χ0) is 23.5. The molecule has 0 saturated carbocycles. The van der Waals surface area contributed by atoms with Crippen LogP contribution in [0.15, 0.2) is 41.4 Å². The Labute approximate surface area is 199 Å². The number of benzene rings is 1. The molecule has 0 aliphatic heterocycles. The van der Waals surface area contributed by atoms with Crippen molar-refractivity contribution in [2.75, 3.05) is 18.8 Å². The van der Waals surface area contributed by atoms with E-state index in [4.69, 9.17) is 10.5 Å². The van der Waals surface area contributed by atoms with Crippen molar-refractivity contribution in [1.29, 1.82) is 0 Å². The van der Waals surface area contributed by atoms with Gasteiger partial charge in [0, 0.05) is 30.5 Å². The van der Waals surface area contributed by atoms with Crippen molar-refractivity contribution in [3.05, 3.63) is 52.9 Å². The summed E-state index contributed by atoms with van der Waals surface area (Å²) in [5.41, 5.74) is 8.98. The van der Waals surface area contributed by atoms with Crippen molar-refractivity contribution < 1.29 is 9.13 Å². The van der Waals surface area contributed by atoms with Gasteiger partial charge in [-0.05, 0) is 59.1 Å². The zero-order valence-corrected chi connectivity index (χ0v) is 20.2. The van der Waals surface area contributed by atoms with Crippen molar-refractivity contribution in [3.8, 4) is 22.9 Å². The van der Waals surface area contributed by atoms with Gasteiger partial charge in [-0.25, -0.2) is 24.3 Å². The van der Waals surface area contributed by atoms with Gasteiger partial charge in [-0.1, -0.05) is 19.9 Å². The van der Waals surface area contributed by atoms with Crippen LogP contribution in [-0.4, -0.2) is 37.6 Å². The molecular weight excluding hydrogens is 489 g/mol. The summed E-state index contributed by atoms with van der Waals surface area (Å²) in [7, 11) is 0. The number of nitrogen functional groups attached to an aromatic ring is 1. The molecule has 0 aliphatic carbocycles. The van der Waals surface area contributed by atoms with Crippen molar-refractivity contribution in [1.82, 2.24) is 29.8 Å². The maximum Gasteiger partial charge on any atom is 0.322 e. The van der Waals surface area contributed by atoms with Gasteiger partial charge in [-0.2, -0.15) is 0 Å². The first-order chi connectivity index (χ1) is 15.8. The molecule has 8 nitrogen and oxygen atoms in total. The summed E-state index contributed by atoms with van der Waals surface area (Å²) >= 11 is 3.69. The predicted molar refractivity (Wildman–Crippen MR) is 130 cm³/mol. The number of nitrogens with two attached hydrogens (primary N) is 1. The number of fused-ring (bicyclic) bond motifs is 1. The summed E-state index contributed by atoms with van der Waals surface area (Å²) < 4.78 is 23.3. The molecule has 3 aromatic heterocycles. The van der Waals surface area contributed by atoms with E-state index >= 15 is 4.39 Å². The van der Waals surface area contributed by atoms with Gasteiger partial charge in [0.2, 0.25) is 0 Å². The second-order valence-electron chi connectivity index (χ2n) is 8.10. The number of anilines is 1. The number of nitrogens with zero attached hydrogens (tertiary/aromatic N) is 5.